The van der Waals surface area contributed by atoms with E-state index in [0.29, 0.717) is 105 Å². The zero-order valence-corrected chi connectivity index (χ0v) is 24.6. The Bertz CT molecular complexity index is 2110. The fourth-order valence-corrected chi connectivity index (χ4v) is 5.73. The van der Waals surface area contributed by atoms with E-state index >= 15 is 0 Å². The van der Waals surface area contributed by atoms with Gasteiger partial charge in [0.2, 0.25) is 0 Å². The van der Waals surface area contributed by atoms with Crippen LogP contribution in [0.2, 0.25) is 0 Å². The van der Waals surface area contributed by atoms with E-state index in [1.807, 2.05) is 12.1 Å². The van der Waals surface area contributed by atoms with E-state index in [9.17, 15) is 19.8 Å². The monoisotopic (exact) mass is 628 g/mol. The van der Waals surface area contributed by atoms with Crippen molar-refractivity contribution in [3.63, 3.8) is 0 Å². The average molecular weight is 629 g/mol. The predicted octanol–water partition coefficient (Wildman–Crippen LogP) is 6.85. The number of nitrogens with zero attached hydrogens (tertiary/aromatic N) is 2. The Hall–Kier alpha value is -6.36. The molecule has 0 saturated carbocycles. The number of carboxylic acid groups (broad SMARTS) is 2. The Labute approximate surface area is 266 Å². The van der Waals surface area contributed by atoms with Crippen LogP contribution in [0.5, 0.6) is 34.5 Å². The second-order valence-corrected chi connectivity index (χ2v) is 10.9. The quantitative estimate of drug-likeness (QED) is 0.200. The van der Waals surface area contributed by atoms with Gasteiger partial charge in [0.25, 0.3) is 0 Å². The largest absolute Gasteiger partial charge is 0.486 e. The number of aromatic carboxylic acids is 2. The van der Waals surface area contributed by atoms with Gasteiger partial charge in [-0.15, -0.1) is 0 Å². The highest BCUT2D eigenvalue weighted by Crippen LogP contribution is 2.38. The van der Waals surface area contributed by atoms with E-state index in [0.717, 1.165) is 0 Å². The van der Waals surface area contributed by atoms with Crippen LogP contribution in [0.3, 0.4) is 0 Å². The first-order valence-electron chi connectivity index (χ1n) is 14.7. The summed E-state index contributed by atoms with van der Waals surface area (Å²) in [6.45, 7) is 1.79. The molecular formula is C36H24N2O9. The molecule has 0 amide bonds. The first kappa shape index (κ1) is 28.1. The highest BCUT2D eigenvalue weighted by molar-refractivity contribution is 6.05. The number of hydrogen-bond donors (Lipinski definition) is 2. The van der Waals surface area contributed by atoms with Gasteiger partial charge in [-0.05, 0) is 84.9 Å². The molecule has 2 aromatic heterocycles. The summed E-state index contributed by atoms with van der Waals surface area (Å²) in [4.78, 5) is 34.1. The van der Waals surface area contributed by atoms with Crippen LogP contribution in [0.1, 0.15) is 20.7 Å². The van der Waals surface area contributed by atoms with Crippen molar-refractivity contribution in [3.05, 3.63) is 96.1 Å². The summed E-state index contributed by atoms with van der Waals surface area (Å²) in [5.41, 5.74) is 3.35. The average Bonchev–Trinajstić information content (AvgIpc) is 3.10. The molecule has 0 unspecified atom stereocenters. The SMILES string of the molecule is O=C(O)c1cc(-c2ccc3c(c2)OCCO3)nc2ccc(Oc3ccc4nc(-c5ccc6c(c5)OCCO6)cc(C(=O)O)c4c3)cc12. The molecule has 232 valence electrons. The lowest BCUT2D eigenvalue weighted by atomic mass is 10.0. The van der Waals surface area contributed by atoms with Crippen molar-refractivity contribution in [2.75, 3.05) is 26.4 Å². The molecule has 4 heterocycles. The number of carboxylic acids is 2. The van der Waals surface area contributed by atoms with Gasteiger partial charge >= 0.3 is 11.9 Å². The fourth-order valence-electron chi connectivity index (χ4n) is 5.73. The zero-order valence-electron chi connectivity index (χ0n) is 24.6. The summed E-state index contributed by atoms with van der Waals surface area (Å²) in [5, 5.41) is 21.0. The fraction of sp³-hybridized carbons (Fsp3) is 0.111. The molecule has 4 aromatic carbocycles. The second-order valence-electron chi connectivity index (χ2n) is 10.9. The molecular weight excluding hydrogens is 604 g/mol. The Morgan fingerprint density at radius 1 is 0.532 bits per heavy atom. The van der Waals surface area contributed by atoms with E-state index in [4.69, 9.17) is 33.7 Å². The number of aromatic nitrogens is 2. The smallest absolute Gasteiger partial charge is 0.336 e. The lowest BCUT2D eigenvalue weighted by Crippen LogP contribution is -2.15. The lowest BCUT2D eigenvalue weighted by molar-refractivity contribution is 0.0688. The summed E-state index contributed by atoms with van der Waals surface area (Å²) in [7, 11) is 0. The molecule has 0 atom stereocenters. The Morgan fingerprint density at radius 3 is 1.38 bits per heavy atom. The number of fused-ring (bicyclic) bond motifs is 4. The van der Waals surface area contributed by atoms with Crippen molar-refractivity contribution in [1.82, 2.24) is 9.97 Å². The van der Waals surface area contributed by atoms with Gasteiger partial charge in [0.1, 0.15) is 37.9 Å². The summed E-state index contributed by atoms with van der Waals surface area (Å²) in [6, 6.07) is 23.7. The predicted molar refractivity (Wildman–Crippen MR) is 170 cm³/mol. The molecule has 11 heteroatoms. The third-order valence-electron chi connectivity index (χ3n) is 7.93. The van der Waals surface area contributed by atoms with Crippen molar-refractivity contribution in [2.24, 2.45) is 0 Å². The summed E-state index contributed by atoms with van der Waals surface area (Å²) >= 11 is 0. The van der Waals surface area contributed by atoms with Gasteiger partial charge in [0.15, 0.2) is 23.0 Å². The summed E-state index contributed by atoms with van der Waals surface area (Å²) in [5.74, 6) is 0.870. The van der Waals surface area contributed by atoms with Gasteiger partial charge in [-0.2, -0.15) is 0 Å². The number of rotatable bonds is 6. The zero-order chi connectivity index (χ0) is 32.1. The highest BCUT2D eigenvalue weighted by atomic mass is 16.6. The summed E-state index contributed by atoms with van der Waals surface area (Å²) in [6.07, 6.45) is 0. The standard InChI is InChI=1S/C36H24N2O9/c39-35(40)25-17-29(19-1-7-31-33(13-19)45-11-9-43-31)37-27-5-3-21(15-23(25)27)47-22-4-6-28-24(16-22)26(36(41)42)18-30(38-28)20-2-8-32-34(14-20)46-12-10-44-32/h1-8,13-18H,9-12H2,(H,39,40)(H,41,42). The molecule has 47 heavy (non-hydrogen) atoms. The van der Waals surface area contributed by atoms with Gasteiger partial charge in [-0.1, -0.05) is 0 Å². The van der Waals surface area contributed by atoms with E-state index in [2.05, 4.69) is 0 Å². The minimum atomic E-state index is -1.12. The number of pyridine rings is 2. The van der Waals surface area contributed by atoms with Gasteiger partial charge in [0, 0.05) is 21.9 Å². The third-order valence-corrected chi connectivity index (χ3v) is 7.93. The molecule has 8 rings (SSSR count). The number of carbonyl (C=O) groups is 2. The van der Waals surface area contributed by atoms with Crippen molar-refractivity contribution >= 4 is 33.7 Å². The van der Waals surface area contributed by atoms with Crippen LogP contribution in [0.25, 0.3) is 44.3 Å². The number of ether oxygens (including phenoxy) is 5. The molecule has 0 spiro atoms. The van der Waals surface area contributed by atoms with Gasteiger partial charge in [-0.25, -0.2) is 19.6 Å². The van der Waals surface area contributed by atoms with Crippen LogP contribution >= 0.6 is 0 Å². The first-order valence-corrected chi connectivity index (χ1v) is 14.7. The normalized spacial score (nSPS) is 13.4. The van der Waals surface area contributed by atoms with Crippen LogP contribution in [0.4, 0.5) is 0 Å². The molecule has 2 N–H and O–H groups in total. The maximum Gasteiger partial charge on any atom is 0.336 e. The van der Waals surface area contributed by atoms with E-state index in [1.165, 1.54) is 12.1 Å². The minimum absolute atomic E-state index is 0.0490. The van der Waals surface area contributed by atoms with Gasteiger partial charge in [-0.3, -0.25) is 0 Å². The van der Waals surface area contributed by atoms with Crippen LogP contribution in [0, 0.1) is 0 Å². The number of hydrogen-bond acceptors (Lipinski definition) is 9. The second kappa shape index (κ2) is 11.2. The Balaban J connectivity index is 1.13. The van der Waals surface area contributed by atoms with E-state index in [1.54, 1.807) is 60.7 Å². The maximum absolute atomic E-state index is 12.4. The van der Waals surface area contributed by atoms with Gasteiger partial charge < -0.3 is 33.9 Å². The topological polar surface area (TPSA) is 147 Å². The molecule has 0 bridgehead atoms. The molecule has 0 fully saturated rings. The Kier molecular flexibility index (Phi) is 6.71. The molecule has 0 saturated heterocycles. The molecule has 2 aliphatic heterocycles. The maximum atomic E-state index is 12.4. The third kappa shape index (κ3) is 5.23. The molecule has 2 aliphatic rings. The van der Waals surface area contributed by atoms with E-state index in [-0.39, 0.29) is 11.1 Å². The van der Waals surface area contributed by atoms with Crippen LogP contribution in [-0.4, -0.2) is 58.5 Å². The van der Waals surface area contributed by atoms with Crippen molar-refractivity contribution in [3.8, 4) is 57.0 Å². The molecule has 0 aliphatic carbocycles. The van der Waals surface area contributed by atoms with Crippen LogP contribution in [0.15, 0.2) is 84.9 Å². The van der Waals surface area contributed by atoms with Crippen LogP contribution < -0.4 is 23.7 Å². The van der Waals surface area contributed by atoms with Crippen molar-refractivity contribution in [1.29, 1.82) is 0 Å². The van der Waals surface area contributed by atoms with Gasteiger partial charge in [0.05, 0.1) is 33.5 Å². The minimum Gasteiger partial charge on any atom is -0.486 e. The lowest BCUT2D eigenvalue weighted by Gasteiger charge is -2.19. The first-order chi connectivity index (χ1) is 22.9. The molecule has 6 aromatic rings. The Morgan fingerprint density at radius 2 is 0.957 bits per heavy atom. The summed E-state index contributed by atoms with van der Waals surface area (Å²) < 4.78 is 28.7. The van der Waals surface area contributed by atoms with Crippen LogP contribution in [-0.2, 0) is 0 Å². The molecule has 0 radical (unpaired) electrons. The van der Waals surface area contributed by atoms with Crippen molar-refractivity contribution < 1.29 is 43.5 Å². The van der Waals surface area contributed by atoms with Crippen molar-refractivity contribution in [2.45, 2.75) is 0 Å². The number of benzene rings is 4. The molecule has 11 nitrogen and oxygen atoms in total. The highest BCUT2D eigenvalue weighted by Gasteiger charge is 2.19. The van der Waals surface area contributed by atoms with E-state index < -0.39 is 11.9 Å².